The van der Waals surface area contributed by atoms with Crippen LogP contribution in [0.3, 0.4) is 0 Å². The molecule has 2 N–H and O–H groups in total. The molecule has 0 bridgehead atoms. The van der Waals surface area contributed by atoms with Crippen molar-refractivity contribution in [1.29, 1.82) is 0 Å². The monoisotopic (exact) mass is 272 g/mol. The van der Waals surface area contributed by atoms with Crippen LogP contribution in [0, 0.1) is 6.92 Å². The molecule has 0 spiro atoms. The number of hydrogen-bond acceptors (Lipinski definition) is 3. The van der Waals surface area contributed by atoms with Crippen molar-refractivity contribution in [2.75, 3.05) is 11.9 Å². The van der Waals surface area contributed by atoms with E-state index in [1.165, 1.54) is 5.56 Å². The Morgan fingerprint density at radius 1 is 1.30 bits per heavy atom. The Morgan fingerprint density at radius 2 is 2.00 bits per heavy atom. The van der Waals surface area contributed by atoms with Gasteiger partial charge in [0, 0.05) is 25.5 Å². The number of anilines is 1. The van der Waals surface area contributed by atoms with Crippen LogP contribution in [0.15, 0.2) is 30.5 Å². The predicted molar refractivity (Wildman–Crippen MR) is 79.7 cm³/mol. The summed E-state index contributed by atoms with van der Waals surface area (Å²) >= 11 is 0. The first-order valence-electron chi connectivity index (χ1n) is 6.71. The second-order valence-corrected chi connectivity index (χ2v) is 4.73. The number of amides is 1. The lowest BCUT2D eigenvalue weighted by Gasteiger charge is -2.06. The van der Waals surface area contributed by atoms with Gasteiger partial charge in [-0.1, -0.05) is 19.1 Å². The molecule has 1 amide bonds. The molecule has 0 aliphatic carbocycles. The molecule has 1 aromatic carbocycles. The third kappa shape index (κ3) is 3.45. The number of nitrogens with one attached hydrogen (secondary N) is 2. The fourth-order valence-electron chi connectivity index (χ4n) is 2.00. The third-order valence-corrected chi connectivity index (χ3v) is 3.05. The zero-order chi connectivity index (χ0) is 14.5. The van der Waals surface area contributed by atoms with Gasteiger partial charge < -0.3 is 10.6 Å². The first kappa shape index (κ1) is 14.3. The van der Waals surface area contributed by atoms with Crippen molar-refractivity contribution in [1.82, 2.24) is 15.1 Å². The molecule has 1 heterocycles. The minimum Gasteiger partial charge on any atom is -0.322 e. The van der Waals surface area contributed by atoms with E-state index in [-0.39, 0.29) is 5.91 Å². The molecule has 0 atom stereocenters. The zero-order valence-corrected chi connectivity index (χ0v) is 12.1. The van der Waals surface area contributed by atoms with Gasteiger partial charge in [-0.25, -0.2) is 0 Å². The van der Waals surface area contributed by atoms with Gasteiger partial charge in [0.1, 0.15) is 0 Å². The lowest BCUT2D eigenvalue weighted by molar-refractivity contribution is 0.102. The summed E-state index contributed by atoms with van der Waals surface area (Å²) in [5.74, 6) is -0.130. The Hall–Kier alpha value is -2.14. The standard InChI is InChI=1S/C15H20N4O/c1-4-16-9-12-5-7-13(8-6-12)17-15(20)14-10-19(3)18-11(14)2/h5-8,10,16H,4,9H2,1-3H3,(H,17,20). The van der Waals surface area contributed by atoms with Crippen molar-refractivity contribution in [2.24, 2.45) is 7.05 Å². The van der Waals surface area contributed by atoms with Gasteiger partial charge in [0.25, 0.3) is 5.91 Å². The lowest BCUT2D eigenvalue weighted by atomic mass is 10.2. The molecule has 1 aromatic heterocycles. The van der Waals surface area contributed by atoms with Gasteiger partial charge in [-0.3, -0.25) is 9.48 Å². The highest BCUT2D eigenvalue weighted by molar-refractivity contribution is 6.04. The van der Waals surface area contributed by atoms with Gasteiger partial charge in [0.15, 0.2) is 0 Å². The smallest absolute Gasteiger partial charge is 0.259 e. The molecule has 5 nitrogen and oxygen atoms in total. The Morgan fingerprint density at radius 3 is 2.55 bits per heavy atom. The fraction of sp³-hybridized carbons (Fsp3) is 0.333. The zero-order valence-electron chi connectivity index (χ0n) is 12.1. The van der Waals surface area contributed by atoms with Crippen LogP contribution in [0.2, 0.25) is 0 Å². The van der Waals surface area contributed by atoms with E-state index >= 15 is 0 Å². The van der Waals surface area contributed by atoms with E-state index in [1.807, 2.05) is 31.2 Å². The average molecular weight is 272 g/mol. The first-order chi connectivity index (χ1) is 9.60. The largest absolute Gasteiger partial charge is 0.322 e. The summed E-state index contributed by atoms with van der Waals surface area (Å²) in [5, 5.41) is 10.3. The predicted octanol–water partition coefficient (Wildman–Crippen LogP) is 2.09. The number of aromatic nitrogens is 2. The lowest BCUT2D eigenvalue weighted by Crippen LogP contribution is -2.13. The van der Waals surface area contributed by atoms with Gasteiger partial charge in [0.2, 0.25) is 0 Å². The number of hydrogen-bond donors (Lipinski definition) is 2. The van der Waals surface area contributed by atoms with Crippen molar-refractivity contribution in [3.05, 3.63) is 47.3 Å². The van der Waals surface area contributed by atoms with Crippen LogP contribution in [0.25, 0.3) is 0 Å². The van der Waals surface area contributed by atoms with Crippen molar-refractivity contribution in [2.45, 2.75) is 20.4 Å². The molecule has 0 fully saturated rings. The molecule has 20 heavy (non-hydrogen) atoms. The second-order valence-electron chi connectivity index (χ2n) is 4.73. The van der Waals surface area contributed by atoms with Crippen LogP contribution in [-0.4, -0.2) is 22.2 Å². The molecule has 0 aliphatic heterocycles. The van der Waals surface area contributed by atoms with Crippen LogP contribution in [0.1, 0.15) is 28.5 Å². The third-order valence-electron chi connectivity index (χ3n) is 3.05. The number of aryl methyl sites for hydroxylation is 2. The van der Waals surface area contributed by atoms with Crippen LogP contribution in [-0.2, 0) is 13.6 Å². The molecule has 2 aromatic rings. The van der Waals surface area contributed by atoms with E-state index in [1.54, 1.807) is 17.9 Å². The Bertz CT molecular complexity index is 586. The molecule has 0 saturated carbocycles. The number of carbonyl (C=O) groups is 1. The highest BCUT2D eigenvalue weighted by Gasteiger charge is 2.12. The molecule has 0 radical (unpaired) electrons. The second kappa shape index (κ2) is 6.34. The first-order valence-corrected chi connectivity index (χ1v) is 6.71. The molecular weight excluding hydrogens is 252 g/mol. The van der Waals surface area contributed by atoms with Gasteiger partial charge in [-0.05, 0) is 31.2 Å². The summed E-state index contributed by atoms with van der Waals surface area (Å²) in [6.07, 6.45) is 1.73. The Balaban J connectivity index is 2.02. The molecule has 2 rings (SSSR count). The van der Waals surface area contributed by atoms with Crippen molar-refractivity contribution < 1.29 is 4.79 Å². The number of rotatable bonds is 5. The highest BCUT2D eigenvalue weighted by atomic mass is 16.1. The maximum Gasteiger partial charge on any atom is 0.259 e. The summed E-state index contributed by atoms with van der Waals surface area (Å²) in [6.45, 7) is 5.68. The fourth-order valence-corrected chi connectivity index (χ4v) is 2.00. The van der Waals surface area contributed by atoms with Crippen molar-refractivity contribution in [3.63, 3.8) is 0 Å². The Kier molecular flexibility index (Phi) is 4.53. The average Bonchev–Trinajstić information content (AvgIpc) is 2.77. The maximum atomic E-state index is 12.1. The van der Waals surface area contributed by atoms with Crippen LogP contribution >= 0.6 is 0 Å². The number of nitrogens with zero attached hydrogens (tertiary/aromatic N) is 2. The molecule has 0 saturated heterocycles. The summed E-state index contributed by atoms with van der Waals surface area (Å²) < 4.78 is 1.64. The summed E-state index contributed by atoms with van der Waals surface area (Å²) in [7, 11) is 1.80. The summed E-state index contributed by atoms with van der Waals surface area (Å²) in [4.78, 5) is 12.1. The van der Waals surface area contributed by atoms with Gasteiger partial charge in [-0.2, -0.15) is 5.10 Å². The van der Waals surface area contributed by atoms with Crippen LogP contribution in [0.4, 0.5) is 5.69 Å². The minimum absolute atomic E-state index is 0.130. The SMILES string of the molecule is CCNCc1ccc(NC(=O)c2cn(C)nc2C)cc1. The van der Waals surface area contributed by atoms with E-state index in [4.69, 9.17) is 0 Å². The molecule has 0 aliphatic rings. The van der Waals surface area contributed by atoms with E-state index in [0.717, 1.165) is 24.5 Å². The topological polar surface area (TPSA) is 58.9 Å². The van der Waals surface area contributed by atoms with Gasteiger partial charge in [-0.15, -0.1) is 0 Å². The molecule has 5 heteroatoms. The quantitative estimate of drug-likeness (QED) is 0.876. The summed E-state index contributed by atoms with van der Waals surface area (Å²) in [5.41, 5.74) is 3.32. The number of benzene rings is 1. The van der Waals surface area contributed by atoms with Crippen molar-refractivity contribution in [3.8, 4) is 0 Å². The van der Waals surface area contributed by atoms with E-state index in [2.05, 4.69) is 22.7 Å². The molecule has 106 valence electrons. The van der Waals surface area contributed by atoms with E-state index in [0.29, 0.717) is 5.56 Å². The molecular formula is C15H20N4O. The number of carbonyl (C=O) groups excluding carboxylic acids is 1. The minimum atomic E-state index is -0.130. The molecule has 0 unspecified atom stereocenters. The maximum absolute atomic E-state index is 12.1. The van der Waals surface area contributed by atoms with Crippen LogP contribution in [0.5, 0.6) is 0 Å². The van der Waals surface area contributed by atoms with Gasteiger partial charge >= 0.3 is 0 Å². The normalized spacial score (nSPS) is 10.6. The summed E-state index contributed by atoms with van der Waals surface area (Å²) in [6, 6.07) is 7.84. The van der Waals surface area contributed by atoms with Crippen molar-refractivity contribution >= 4 is 11.6 Å². The van der Waals surface area contributed by atoms with Gasteiger partial charge in [0.05, 0.1) is 11.3 Å². The van der Waals surface area contributed by atoms with E-state index in [9.17, 15) is 4.79 Å². The van der Waals surface area contributed by atoms with Crippen LogP contribution < -0.4 is 10.6 Å². The van der Waals surface area contributed by atoms with E-state index < -0.39 is 0 Å². The Labute approximate surface area is 119 Å². The highest BCUT2D eigenvalue weighted by Crippen LogP contribution is 2.12.